The number of primary amides is 1. The molecule has 0 aromatic carbocycles. The molecule has 2 fully saturated rings. The number of ketones is 1. The van der Waals surface area contributed by atoms with E-state index in [1.807, 2.05) is 0 Å². The van der Waals surface area contributed by atoms with Crippen molar-refractivity contribution in [2.24, 2.45) is 11.7 Å². The number of likely N-dealkylation sites (tertiary alicyclic amines) is 1. The quantitative estimate of drug-likeness (QED) is 0.635. The number of hydrogen-bond acceptors (Lipinski definition) is 5. The molecule has 2 amide bonds. The lowest BCUT2D eigenvalue weighted by Gasteiger charge is -2.23. The third kappa shape index (κ3) is 5.28. The number of amides is 2. The standard InChI is InChI=1S/C16H26N3O4/c1-11(16(17)22)5-4-6-14(21)18-15-12(20)10-23-13(15)9-19-7-2-3-8-19/h6,11,13,15H,2-5,7-10H2,1H3,(H2,17,22)(H,18,21). The predicted octanol–water partition coefficient (Wildman–Crippen LogP) is -0.359. The SMILES string of the molecule is CC(CC[CH]C(=O)NC1C(=O)COC1CN1CCCC1)C(N)=O. The zero-order chi connectivity index (χ0) is 16.8. The molecule has 3 unspecified atom stereocenters. The second-order valence-electron chi connectivity index (χ2n) is 6.39. The molecule has 0 bridgehead atoms. The van der Waals surface area contributed by atoms with Gasteiger partial charge < -0.3 is 20.7 Å². The van der Waals surface area contributed by atoms with Crippen LogP contribution in [-0.2, 0) is 19.1 Å². The molecule has 0 spiro atoms. The van der Waals surface area contributed by atoms with E-state index >= 15 is 0 Å². The molecule has 2 saturated heterocycles. The first-order valence-electron chi connectivity index (χ1n) is 8.27. The molecule has 1 radical (unpaired) electrons. The summed E-state index contributed by atoms with van der Waals surface area (Å²) in [6.45, 7) is 4.50. The van der Waals surface area contributed by atoms with Crippen LogP contribution in [0, 0.1) is 12.3 Å². The fourth-order valence-corrected chi connectivity index (χ4v) is 2.95. The number of nitrogens with zero attached hydrogens (tertiary/aromatic N) is 1. The number of rotatable bonds is 8. The van der Waals surface area contributed by atoms with E-state index in [-0.39, 0.29) is 36.2 Å². The number of hydrogen-bond donors (Lipinski definition) is 2. The van der Waals surface area contributed by atoms with Gasteiger partial charge in [0.15, 0.2) is 5.78 Å². The van der Waals surface area contributed by atoms with E-state index in [1.54, 1.807) is 6.92 Å². The Morgan fingerprint density at radius 2 is 2.13 bits per heavy atom. The van der Waals surface area contributed by atoms with E-state index in [4.69, 9.17) is 10.5 Å². The minimum Gasteiger partial charge on any atom is -0.369 e. The van der Waals surface area contributed by atoms with E-state index in [2.05, 4.69) is 10.2 Å². The minimum absolute atomic E-state index is 0.0577. The normalized spacial score (nSPS) is 26.4. The number of nitrogens with two attached hydrogens (primary N) is 1. The van der Waals surface area contributed by atoms with Gasteiger partial charge in [0.2, 0.25) is 11.8 Å². The second-order valence-corrected chi connectivity index (χ2v) is 6.39. The molecule has 0 aliphatic carbocycles. The lowest BCUT2D eigenvalue weighted by molar-refractivity contribution is -0.124. The largest absolute Gasteiger partial charge is 0.369 e. The smallest absolute Gasteiger partial charge is 0.224 e. The van der Waals surface area contributed by atoms with Crippen molar-refractivity contribution in [3.05, 3.63) is 6.42 Å². The Balaban J connectivity index is 1.75. The molecular weight excluding hydrogens is 298 g/mol. The van der Waals surface area contributed by atoms with Gasteiger partial charge in [0.05, 0.1) is 6.10 Å². The molecule has 7 nitrogen and oxygen atoms in total. The average molecular weight is 324 g/mol. The van der Waals surface area contributed by atoms with Crippen molar-refractivity contribution in [3.8, 4) is 0 Å². The maximum absolute atomic E-state index is 12.0. The molecule has 23 heavy (non-hydrogen) atoms. The lowest BCUT2D eigenvalue weighted by Crippen LogP contribution is -2.48. The summed E-state index contributed by atoms with van der Waals surface area (Å²) in [5.41, 5.74) is 5.18. The molecule has 3 atom stereocenters. The van der Waals surface area contributed by atoms with Crippen molar-refractivity contribution in [3.63, 3.8) is 0 Å². The first kappa shape index (κ1) is 17.9. The molecule has 0 saturated carbocycles. The third-order valence-electron chi connectivity index (χ3n) is 4.51. The monoisotopic (exact) mass is 324 g/mol. The van der Waals surface area contributed by atoms with Gasteiger partial charge in [-0.1, -0.05) is 6.92 Å². The van der Waals surface area contributed by atoms with Gasteiger partial charge in [-0.05, 0) is 38.8 Å². The molecule has 2 heterocycles. The number of carbonyl (C=O) groups excluding carboxylic acids is 3. The van der Waals surface area contributed by atoms with E-state index in [0.717, 1.165) is 13.1 Å². The van der Waals surface area contributed by atoms with Gasteiger partial charge in [-0.25, -0.2) is 0 Å². The molecular formula is C16H26N3O4. The van der Waals surface area contributed by atoms with Crippen molar-refractivity contribution < 1.29 is 19.1 Å². The molecule has 3 N–H and O–H groups in total. The maximum atomic E-state index is 12.0. The van der Waals surface area contributed by atoms with Gasteiger partial charge in [-0.3, -0.25) is 14.4 Å². The highest BCUT2D eigenvalue weighted by atomic mass is 16.5. The van der Waals surface area contributed by atoms with Crippen molar-refractivity contribution in [1.82, 2.24) is 10.2 Å². The van der Waals surface area contributed by atoms with Crippen LogP contribution in [0.2, 0.25) is 0 Å². The van der Waals surface area contributed by atoms with E-state index in [1.165, 1.54) is 19.3 Å². The van der Waals surface area contributed by atoms with Crippen LogP contribution in [0.1, 0.15) is 32.6 Å². The number of carbonyl (C=O) groups is 3. The van der Waals surface area contributed by atoms with Crippen LogP contribution in [0.3, 0.4) is 0 Å². The maximum Gasteiger partial charge on any atom is 0.224 e. The molecule has 0 aromatic rings. The van der Waals surface area contributed by atoms with Crippen molar-refractivity contribution in [2.75, 3.05) is 26.2 Å². The lowest BCUT2D eigenvalue weighted by atomic mass is 10.0. The highest BCUT2D eigenvalue weighted by Crippen LogP contribution is 2.16. The van der Waals surface area contributed by atoms with Crippen LogP contribution in [0.25, 0.3) is 0 Å². The van der Waals surface area contributed by atoms with Crippen molar-refractivity contribution in [1.29, 1.82) is 0 Å². The minimum atomic E-state index is -0.576. The van der Waals surface area contributed by atoms with E-state index < -0.39 is 6.04 Å². The Bertz CT molecular complexity index is 449. The van der Waals surface area contributed by atoms with E-state index in [0.29, 0.717) is 19.4 Å². The Morgan fingerprint density at radius 3 is 2.78 bits per heavy atom. The summed E-state index contributed by atoms with van der Waals surface area (Å²) in [6.07, 6.45) is 4.51. The van der Waals surface area contributed by atoms with Crippen LogP contribution in [0.4, 0.5) is 0 Å². The molecule has 2 aliphatic heterocycles. The van der Waals surface area contributed by atoms with Gasteiger partial charge in [0, 0.05) is 18.9 Å². The van der Waals surface area contributed by atoms with Gasteiger partial charge in [0.25, 0.3) is 0 Å². The van der Waals surface area contributed by atoms with Crippen LogP contribution in [0.15, 0.2) is 0 Å². The number of ether oxygens (including phenoxy) is 1. The zero-order valence-electron chi connectivity index (χ0n) is 13.6. The van der Waals surface area contributed by atoms with E-state index in [9.17, 15) is 14.4 Å². The number of nitrogens with one attached hydrogen (secondary N) is 1. The van der Waals surface area contributed by atoms with Crippen molar-refractivity contribution in [2.45, 2.75) is 44.8 Å². The van der Waals surface area contributed by atoms with Crippen LogP contribution >= 0.6 is 0 Å². The first-order valence-corrected chi connectivity index (χ1v) is 8.27. The summed E-state index contributed by atoms with van der Waals surface area (Å²) in [4.78, 5) is 37.1. The summed E-state index contributed by atoms with van der Waals surface area (Å²) >= 11 is 0. The highest BCUT2D eigenvalue weighted by molar-refractivity contribution is 5.94. The highest BCUT2D eigenvalue weighted by Gasteiger charge is 2.38. The number of Topliss-reactive ketones (excluding diaryl/α,β-unsaturated/α-hetero) is 1. The second kappa shape index (κ2) is 8.40. The van der Waals surface area contributed by atoms with Crippen LogP contribution < -0.4 is 11.1 Å². The zero-order valence-corrected chi connectivity index (χ0v) is 13.6. The van der Waals surface area contributed by atoms with Crippen molar-refractivity contribution >= 4 is 17.6 Å². The molecule has 7 heteroatoms. The van der Waals surface area contributed by atoms with Gasteiger partial charge in [-0.2, -0.15) is 0 Å². The van der Waals surface area contributed by atoms with Gasteiger partial charge in [0.1, 0.15) is 12.6 Å². The average Bonchev–Trinajstić information content (AvgIpc) is 3.12. The Kier molecular flexibility index (Phi) is 6.53. The molecule has 129 valence electrons. The fraction of sp³-hybridized carbons (Fsp3) is 0.750. The van der Waals surface area contributed by atoms with Crippen LogP contribution in [0.5, 0.6) is 0 Å². The summed E-state index contributed by atoms with van der Waals surface area (Å²) in [7, 11) is 0. The van der Waals surface area contributed by atoms with Crippen LogP contribution in [-0.4, -0.2) is 60.9 Å². The Morgan fingerprint density at radius 1 is 1.43 bits per heavy atom. The summed E-state index contributed by atoms with van der Waals surface area (Å²) in [5.74, 6) is -1.01. The molecule has 2 aliphatic rings. The summed E-state index contributed by atoms with van der Waals surface area (Å²) < 4.78 is 5.53. The Labute approximate surface area is 136 Å². The summed E-state index contributed by atoms with van der Waals surface area (Å²) in [5, 5.41) is 2.74. The first-order chi connectivity index (χ1) is 11.0. The van der Waals surface area contributed by atoms with Gasteiger partial charge >= 0.3 is 0 Å². The predicted molar refractivity (Wildman–Crippen MR) is 84.2 cm³/mol. The fourth-order valence-electron chi connectivity index (χ4n) is 2.95. The third-order valence-corrected chi connectivity index (χ3v) is 4.51. The Hall–Kier alpha value is -1.47. The summed E-state index contributed by atoms with van der Waals surface area (Å²) in [6, 6.07) is -0.576. The van der Waals surface area contributed by atoms with Gasteiger partial charge in [-0.15, -0.1) is 0 Å². The molecule has 2 rings (SSSR count). The molecule has 0 aromatic heterocycles. The topological polar surface area (TPSA) is 102 Å².